The van der Waals surface area contributed by atoms with E-state index in [1.54, 1.807) is 22.1 Å². The molecule has 0 bridgehead atoms. The van der Waals surface area contributed by atoms with Crippen LogP contribution in [-0.2, 0) is 6.54 Å². The Balaban J connectivity index is 1.94. The molecule has 3 aromatic rings. The van der Waals surface area contributed by atoms with Crippen molar-refractivity contribution in [3.8, 4) is 11.6 Å². The van der Waals surface area contributed by atoms with Crippen LogP contribution in [0.15, 0.2) is 35.7 Å². The van der Waals surface area contributed by atoms with Crippen LogP contribution in [0.3, 0.4) is 0 Å². The van der Waals surface area contributed by atoms with E-state index in [9.17, 15) is 9.90 Å². The number of carboxylic acid groups (broad SMARTS) is 1. The van der Waals surface area contributed by atoms with Crippen LogP contribution in [0.1, 0.15) is 17.3 Å². The summed E-state index contributed by atoms with van der Waals surface area (Å²) in [4.78, 5) is 25.6. The maximum Gasteiger partial charge on any atom is 0.335 e. The molecule has 9 heteroatoms. The molecule has 1 aromatic carbocycles. The number of carboxylic acids is 1. The maximum absolute atomic E-state index is 11.4. The summed E-state index contributed by atoms with van der Waals surface area (Å²) in [5, 5.41) is 14.3. The van der Waals surface area contributed by atoms with Gasteiger partial charge in [-0.1, -0.05) is 0 Å². The second-order valence-corrected chi connectivity index (χ2v) is 5.72. The van der Waals surface area contributed by atoms with Gasteiger partial charge in [0.05, 0.1) is 35.2 Å². The van der Waals surface area contributed by atoms with Crippen molar-refractivity contribution in [2.45, 2.75) is 13.5 Å². The van der Waals surface area contributed by atoms with Crippen molar-refractivity contribution in [1.82, 2.24) is 24.6 Å². The van der Waals surface area contributed by atoms with Gasteiger partial charge in [-0.15, -0.1) is 0 Å². The van der Waals surface area contributed by atoms with E-state index < -0.39 is 5.97 Å². The van der Waals surface area contributed by atoms with Gasteiger partial charge >= 0.3 is 5.97 Å². The molecular formula is C17H18N6O3. The molecule has 134 valence electrons. The summed E-state index contributed by atoms with van der Waals surface area (Å²) in [6.07, 6.45) is 6.33. The quantitative estimate of drug-likeness (QED) is 0.535. The summed E-state index contributed by atoms with van der Waals surface area (Å²) < 4.78 is 7.48. The van der Waals surface area contributed by atoms with Gasteiger partial charge in [-0.3, -0.25) is 4.68 Å². The van der Waals surface area contributed by atoms with Gasteiger partial charge in [0.1, 0.15) is 5.75 Å². The number of aromatic nitrogens is 4. The monoisotopic (exact) mass is 354 g/mol. The zero-order valence-electron chi connectivity index (χ0n) is 14.6. The summed E-state index contributed by atoms with van der Waals surface area (Å²) in [5.41, 5.74) is 0.635. The zero-order chi connectivity index (χ0) is 18.7. The molecular weight excluding hydrogens is 336 g/mol. The van der Waals surface area contributed by atoms with Crippen LogP contribution in [0.4, 0.5) is 5.82 Å². The van der Waals surface area contributed by atoms with Gasteiger partial charge in [-0.2, -0.15) is 5.10 Å². The first kappa shape index (κ1) is 17.3. The Hall–Kier alpha value is -3.49. The van der Waals surface area contributed by atoms with Crippen LogP contribution >= 0.6 is 0 Å². The molecule has 0 unspecified atom stereocenters. The number of fused-ring (bicyclic) bond motifs is 1. The highest BCUT2D eigenvalue weighted by Gasteiger charge is 2.14. The van der Waals surface area contributed by atoms with Crippen LogP contribution in [0.25, 0.3) is 10.9 Å². The Morgan fingerprint density at radius 1 is 1.35 bits per heavy atom. The predicted octanol–water partition coefficient (Wildman–Crippen LogP) is 2.56. The maximum atomic E-state index is 11.4. The standard InChI is InChI=1S/C17H18N6O3/c1-4-23-9-12-13(21-23)5-11(17(24)25)6-14(12)26-16-8-18-15(7-19-16)20-10-22(2)3/h5-10H,4H2,1-3H3,(H,24,25)/b20-10+. The van der Waals surface area contributed by atoms with E-state index in [2.05, 4.69) is 20.1 Å². The first-order valence-electron chi connectivity index (χ1n) is 7.91. The molecule has 0 aliphatic rings. The summed E-state index contributed by atoms with van der Waals surface area (Å²) in [5.74, 6) is -0.0168. The topological polar surface area (TPSA) is 106 Å². The third-order valence-corrected chi connectivity index (χ3v) is 3.46. The van der Waals surface area contributed by atoms with Gasteiger partial charge in [-0.05, 0) is 19.1 Å². The molecule has 0 saturated carbocycles. The lowest BCUT2D eigenvalue weighted by atomic mass is 10.1. The number of benzene rings is 1. The molecule has 0 aliphatic carbocycles. The minimum Gasteiger partial charge on any atom is -0.478 e. The van der Waals surface area contributed by atoms with E-state index in [4.69, 9.17) is 4.74 Å². The number of ether oxygens (including phenoxy) is 1. The lowest BCUT2D eigenvalue weighted by Gasteiger charge is -2.07. The van der Waals surface area contributed by atoms with Crippen molar-refractivity contribution in [2.75, 3.05) is 14.1 Å². The normalized spacial score (nSPS) is 11.2. The molecule has 3 rings (SSSR count). The van der Waals surface area contributed by atoms with Crippen LogP contribution in [0.5, 0.6) is 11.6 Å². The smallest absolute Gasteiger partial charge is 0.335 e. The van der Waals surface area contributed by atoms with Crippen LogP contribution in [0, 0.1) is 0 Å². The first-order chi connectivity index (χ1) is 12.5. The average Bonchev–Trinajstić information content (AvgIpc) is 3.04. The highest BCUT2D eigenvalue weighted by atomic mass is 16.5. The SMILES string of the molecule is CCn1cc2c(Oc3cnc(/N=C/N(C)C)cn3)cc(C(=O)O)cc2n1. The highest BCUT2D eigenvalue weighted by Crippen LogP contribution is 2.30. The molecule has 0 saturated heterocycles. The number of rotatable bonds is 6. The summed E-state index contributed by atoms with van der Waals surface area (Å²) in [7, 11) is 3.71. The summed E-state index contributed by atoms with van der Waals surface area (Å²) >= 11 is 0. The molecule has 1 N–H and O–H groups in total. The fourth-order valence-electron chi connectivity index (χ4n) is 2.23. The number of aryl methyl sites for hydroxylation is 1. The number of carbonyl (C=O) groups is 1. The average molecular weight is 354 g/mol. The van der Waals surface area contributed by atoms with E-state index >= 15 is 0 Å². The Morgan fingerprint density at radius 2 is 2.15 bits per heavy atom. The fraction of sp³-hybridized carbons (Fsp3) is 0.235. The van der Waals surface area contributed by atoms with Crippen LogP contribution < -0.4 is 4.74 Å². The largest absolute Gasteiger partial charge is 0.478 e. The molecule has 9 nitrogen and oxygen atoms in total. The molecule has 0 radical (unpaired) electrons. The van der Waals surface area contributed by atoms with Gasteiger partial charge in [0.25, 0.3) is 0 Å². The number of hydrogen-bond acceptors (Lipinski definition) is 6. The first-order valence-corrected chi connectivity index (χ1v) is 7.91. The summed E-state index contributed by atoms with van der Waals surface area (Å²) in [6, 6.07) is 2.97. The Labute approximate surface area is 149 Å². The van der Waals surface area contributed by atoms with Crippen molar-refractivity contribution in [1.29, 1.82) is 0 Å². The molecule has 0 fully saturated rings. The summed E-state index contributed by atoms with van der Waals surface area (Å²) in [6.45, 7) is 2.61. The Bertz CT molecular complexity index is 963. The lowest BCUT2D eigenvalue weighted by molar-refractivity contribution is 0.0696. The van der Waals surface area contributed by atoms with Crippen LogP contribution in [0.2, 0.25) is 0 Å². The highest BCUT2D eigenvalue weighted by molar-refractivity contribution is 5.96. The van der Waals surface area contributed by atoms with E-state index in [0.717, 1.165) is 0 Å². The third-order valence-electron chi connectivity index (χ3n) is 3.46. The lowest BCUT2D eigenvalue weighted by Crippen LogP contribution is -2.07. The van der Waals surface area contributed by atoms with Gasteiger partial charge < -0.3 is 14.7 Å². The Kier molecular flexibility index (Phi) is 4.78. The van der Waals surface area contributed by atoms with E-state index in [1.165, 1.54) is 24.5 Å². The number of aliphatic imine (C=N–C) groups is 1. The minimum atomic E-state index is -1.05. The molecule has 2 aromatic heterocycles. The molecule has 2 heterocycles. The van der Waals surface area contributed by atoms with Crippen molar-refractivity contribution >= 4 is 29.0 Å². The van der Waals surface area contributed by atoms with E-state index in [1.807, 2.05) is 21.0 Å². The second kappa shape index (κ2) is 7.18. The van der Waals surface area contributed by atoms with E-state index in [0.29, 0.717) is 29.0 Å². The second-order valence-electron chi connectivity index (χ2n) is 5.72. The third kappa shape index (κ3) is 3.77. The minimum absolute atomic E-state index is 0.0917. The predicted molar refractivity (Wildman–Crippen MR) is 96.3 cm³/mol. The van der Waals surface area contributed by atoms with Crippen LogP contribution in [-0.4, -0.2) is 56.2 Å². The van der Waals surface area contributed by atoms with Crippen molar-refractivity contribution < 1.29 is 14.6 Å². The van der Waals surface area contributed by atoms with E-state index in [-0.39, 0.29) is 11.4 Å². The van der Waals surface area contributed by atoms with Crippen molar-refractivity contribution in [3.05, 3.63) is 36.3 Å². The molecule has 26 heavy (non-hydrogen) atoms. The molecule has 0 spiro atoms. The number of hydrogen-bond donors (Lipinski definition) is 1. The van der Waals surface area contributed by atoms with Crippen molar-refractivity contribution in [2.24, 2.45) is 4.99 Å². The fourth-order valence-corrected chi connectivity index (χ4v) is 2.23. The number of nitrogens with zero attached hydrogens (tertiary/aromatic N) is 6. The van der Waals surface area contributed by atoms with Gasteiger partial charge in [0, 0.05) is 26.8 Å². The van der Waals surface area contributed by atoms with Gasteiger partial charge in [0.2, 0.25) is 5.88 Å². The molecule has 0 amide bonds. The van der Waals surface area contributed by atoms with Gasteiger partial charge in [-0.25, -0.2) is 19.8 Å². The number of aromatic carboxylic acids is 1. The zero-order valence-corrected chi connectivity index (χ0v) is 14.6. The Morgan fingerprint density at radius 3 is 2.77 bits per heavy atom. The molecule has 0 atom stereocenters. The molecule has 0 aliphatic heterocycles. The van der Waals surface area contributed by atoms with Crippen molar-refractivity contribution in [3.63, 3.8) is 0 Å². The van der Waals surface area contributed by atoms with Gasteiger partial charge in [0.15, 0.2) is 5.82 Å².